The molecule has 2 atom stereocenters. The van der Waals surface area contributed by atoms with Gasteiger partial charge >= 0.3 is 0 Å². The molecule has 0 spiro atoms. The van der Waals surface area contributed by atoms with Crippen molar-refractivity contribution >= 4 is 11.6 Å². The molecule has 1 fully saturated rings. The molecule has 0 bridgehead atoms. The maximum Gasteiger partial charge on any atom is 0.0444 e. The fraction of sp³-hybridized carbons (Fsp3) is 0.400. The van der Waals surface area contributed by atoms with Crippen LogP contribution >= 0.6 is 11.6 Å². The standard InChI is InChI=1S/C10H12ClN/c1-10(6-9(10)12)7-4-2-3-5-8(7)11/h2-5,9H,6,12H2,1H3. The molecule has 64 valence electrons. The van der Waals surface area contributed by atoms with E-state index < -0.39 is 0 Å². The van der Waals surface area contributed by atoms with Crippen molar-refractivity contribution in [1.82, 2.24) is 0 Å². The number of rotatable bonds is 1. The van der Waals surface area contributed by atoms with E-state index in [1.54, 1.807) is 0 Å². The van der Waals surface area contributed by atoms with Crippen LogP contribution in [0.1, 0.15) is 18.9 Å². The lowest BCUT2D eigenvalue weighted by molar-refractivity contribution is 0.741. The molecule has 2 heteroatoms. The zero-order valence-corrected chi connectivity index (χ0v) is 7.81. The van der Waals surface area contributed by atoms with Gasteiger partial charge in [-0.1, -0.05) is 36.7 Å². The van der Waals surface area contributed by atoms with Gasteiger partial charge in [0.15, 0.2) is 0 Å². The minimum atomic E-state index is 0.137. The predicted molar refractivity (Wildman–Crippen MR) is 51.4 cm³/mol. The highest BCUT2D eigenvalue weighted by Crippen LogP contribution is 2.48. The van der Waals surface area contributed by atoms with E-state index >= 15 is 0 Å². The minimum absolute atomic E-state index is 0.137. The van der Waals surface area contributed by atoms with Crippen molar-refractivity contribution in [1.29, 1.82) is 0 Å². The van der Waals surface area contributed by atoms with E-state index in [1.807, 2.05) is 18.2 Å². The minimum Gasteiger partial charge on any atom is -0.327 e. The molecule has 2 N–H and O–H groups in total. The lowest BCUT2D eigenvalue weighted by Crippen LogP contribution is -2.14. The van der Waals surface area contributed by atoms with E-state index in [9.17, 15) is 0 Å². The van der Waals surface area contributed by atoms with Crippen LogP contribution in [0.2, 0.25) is 5.02 Å². The Labute approximate surface area is 77.5 Å². The van der Waals surface area contributed by atoms with Gasteiger partial charge in [0.25, 0.3) is 0 Å². The van der Waals surface area contributed by atoms with E-state index in [0.717, 1.165) is 11.4 Å². The number of hydrogen-bond donors (Lipinski definition) is 1. The summed E-state index contributed by atoms with van der Waals surface area (Å²) in [6.45, 7) is 2.17. The van der Waals surface area contributed by atoms with Crippen molar-refractivity contribution in [2.75, 3.05) is 0 Å². The van der Waals surface area contributed by atoms with Crippen molar-refractivity contribution in [3.63, 3.8) is 0 Å². The van der Waals surface area contributed by atoms with Gasteiger partial charge in [-0.25, -0.2) is 0 Å². The fourth-order valence-corrected chi connectivity index (χ4v) is 1.98. The lowest BCUT2D eigenvalue weighted by atomic mass is 9.98. The first-order valence-electron chi connectivity index (χ1n) is 4.15. The SMILES string of the molecule is CC1(c2ccccc2Cl)CC1N. The van der Waals surface area contributed by atoms with Crippen LogP contribution in [-0.4, -0.2) is 6.04 Å². The molecule has 1 saturated carbocycles. The van der Waals surface area contributed by atoms with E-state index in [2.05, 4.69) is 13.0 Å². The Hall–Kier alpha value is -0.530. The van der Waals surface area contributed by atoms with Crippen molar-refractivity contribution < 1.29 is 0 Å². The maximum atomic E-state index is 6.06. The van der Waals surface area contributed by atoms with Gasteiger partial charge in [0.1, 0.15) is 0 Å². The van der Waals surface area contributed by atoms with Gasteiger partial charge in [-0.2, -0.15) is 0 Å². The molecule has 1 aromatic rings. The van der Waals surface area contributed by atoms with Crippen LogP contribution in [0.25, 0.3) is 0 Å². The Balaban J connectivity index is 2.41. The van der Waals surface area contributed by atoms with Gasteiger partial charge in [0, 0.05) is 16.5 Å². The second-order valence-electron chi connectivity index (χ2n) is 3.71. The summed E-state index contributed by atoms with van der Waals surface area (Å²) in [6.07, 6.45) is 1.05. The number of nitrogens with two attached hydrogens (primary N) is 1. The molecular weight excluding hydrogens is 170 g/mol. The third-order valence-corrected chi connectivity index (χ3v) is 3.12. The third kappa shape index (κ3) is 1.05. The van der Waals surface area contributed by atoms with Gasteiger partial charge in [-0.15, -0.1) is 0 Å². The number of benzene rings is 1. The lowest BCUT2D eigenvalue weighted by Gasteiger charge is -2.11. The molecule has 1 aliphatic rings. The summed E-state index contributed by atoms with van der Waals surface area (Å²) in [5, 5.41) is 0.841. The Morgan fingerprint density at radius 2 is 2.08 bits per heavy atom. The molecule has 0 aromatic heterocycles. The Kier molecular flexibility index (Phi) is 1.67. The average Bonchev–Trinajstić information content (AvgIpc) is 2.61. The average molecular weight is 182 g/mol. The van der Waals surface area contributed by atoms with Crippen LogP contribution in [0.15, 0.2) is 24.3 Å². The first-order valence-corrected chi connectivity index (χ1v) is 4.53. The second kappa shape index (κ2) is 2.48. The maximum absolute atomic E-state index is 6.06. The van der Waals surface area contributed by atoms with Crippen molar-refractivity contribution in [2.45, 2.75) is 24.8 Å². The summed E-state index contributed by atoms with van der Waals surface area (Å²) in [5.74, 6) is 0. The monoisotopic (exact) mass is 181 g/mol. The summed E-state index contributed by atoms with van der Waals surface area (Å²) in [6, 6.07) is 8.24. The van der Waals surface area contributed by atoms with E-state index in [-0.39, 0.29) is 11.5 Å². The zero-order chi connectivity index (χ0) is 8.77. The molecule has 12 heavy (non-hydrogen) atoms. The molecule has 0 radical (unpaired) electrons. The van der Waals surface area contributed by atoms with E-state index in [1.165, 1.54) is 5.56 Å². The number of hydrogen-bond acceptors (Lipinski definition) is 1. The predicted octanol–water partition coefficient (Wildman–Crippen LogP) is 2.33. The summed E-state index contributed by atoms with van der Waals surface area (Å²) < 4.78 is 0. The second-order valence-corrected chi connectivity index (χ2v) is 4.12. The normalized spacial score (nSPS) is 33.4. The summed E-state index contributed by atoms with van der Waals surface area (Å²) in [5.41, 5.74) is 7.17. The fourth-order valence-electron chi connectivity index (χ4n) is 1.63. The third-order valence-electron chi connectivity index (χ3n) is 2.79. The van der Waals surface area contributed by atoms with Crippen LogP contribution in [0.4, 0.5) is 0 Å². The molecule has 0 heterocycles. The molecule has 2 rings (SSSR count). The zero-order valence-electron chi connectivity index (χ0n) is 7.05. The molecule has 2 unspecified atom stereocenters. The Bertz CT molecular complexity index is 310. The van der Waals surface area contributed by atoms with E-state index in [0.29, 0.717) is 0 Å². The highest BCUT2D eigenvalue weighted by Gasteiger charge is 2.49. The Morgan fingerprint density at radius 1 is 1.50 bits per heavy atom. The largest absolute Gasteiger partial charge is 0.327 e. The summed E-state index contributed by atoms with van der Waals surface area (Å²) in [7, 11) is 0. The van der Waals surface area contributed by atoms with Gasteiger partial charge in [-0.05, 0) is 18.1 Å². The molecule has 1 aromatic carbocycles. The quantitative estimate of drug-likeness (QED) is 0.707. The summed E-state index contributed by atoms with van der Waals surface area (Å²) >= 11 is 6.06. The highest BCUT2D eigenvalue weighted by atomic mass is 35.5. The molecular formula is C10H12ClN. The summed E-state index contributed by atoms with van der Waals surface area (Å²) in [4.78, 5) is 0. The molecule has 1 aliphatic carbocycles. The highest BCUT2D eigenvalue weighted by molar-refractivity contribution is 6.31. The van der Waals surface area contributed by atoms with Crippen LogP contribution in [-0.2, 0) is 5.41 Å². The number of halogens is 1. The van der Waals surface area contributed by atoms with Gasteiger partial charge in [-0.3, -0.25) is 0 Å². The van der Waals surface area contributed by atoms with Crippen LogP contribution < -0.4 is 5.73 Å². The van der Waals surface area contributed by atoms with Crippen molar-refractivity contribution in [3.05, 3.63) is 34.9 Å². The van der Waals surface area contributed by atoms with Crippen LogP contribution in [0, 0.1) is 0 Å². The van der Waals surface area contributed by atoms with Gasteiger partial charge < -0.3 is 5.73 Å². The van der Waals surface area contributed by atoms with Crippen LogP contribution in [0.3, 0.4) is 0 Å². The van der Waals surface area contributed by atoms with Gasteiger partial charge in [0.2, 0.25) is 0 Å². The molecule has 1 nitrogen and oxygen atoms in total. The molecule has 0 amide bonds. The Morgan fingerprint density at radius 3 is 2.58 bits per heavy atom. The van der Waals surface area contributed by atoms with E-state index in [4.69, 9.17) is 17.3 Å². The first kappa shape index (κ1) is 8.09. The van der Waals surface area contributed by atoms with Crippen molar-refractivity contribution in [2.24, 2.45) is 5.73 Å². The van der Waals surface area contributed by atoms with Crippen LogP contribution in [0.5, 0.6) is 0 Å². The first-order chi connectivity index (χ1) is 5.64. The molecule has 0 saturated heterocycles. The topological polar surface area (TPSA) is 26.0 Å². The van der Waals surface area contributed by atoms with Crippen molar-refractivity contribution in [3.8, 4) is 0 Å². The van der Waals surface area contributed by atoms with Gasteiger partial charge in [0.05, 0.1) is 0 Å². The molecule has 0 aliphatic heterocycles. The smallest absolute Gasteiger partial charge is 0.0444 e.